The molecular weight excluding hydrogens is 237 g/mol. The third-order valence-corrected chi connectivity index (χ3v) is 4.24. The van der Waals surface area contributed by atoms with Crippen LogP contribution in [0.25, 0.3) is 0 Å². The Morgan fingerprint density at radius 1 is 1.47 bits per heavy atom. The summed E-state index contributed by atoms with van der Waals surface area (Å²) in [6, 6.07) is 4.44. The summed E-state index contributed by atoms with van der Waals surface area (Å²) in [5.74, 6) is 1.86. The number of benzene rings is 1. The Kier molecular flexibility index (Phi) is 3.25. The van der Waals surface area contributed by atoms with Gasteiger partial charge in [-0.25, -0.2) is 0 Å². The van der Waals surface area contributed by atoms with E-state index in [0.717, 1.165) is 38.0 Å². The summed E-state index contributed by atoms with van der Waals surface area (Å²) in [5, 5.41) is 0. The van der Waals surface area contributed by atoms with Crippen LogP contribution in [0.1, 0.15) is 23.6 Å². The number of nitrogens with zero attached hydrogens (tertiary/aromatic N) is 1. The Bertz CT molecular complexity index is 509. The van der Waals surface area contributed by atoms with E-state index in [0.29, 0.717) is 5.92 Å². The van der Waals surface area contributed by atoms with Crippen LogP contribution in [0.2, 0.25) is 6.32 Å². The molecule has 1 fully saturated rings. The van der Waals surface area contributed by atoms with Gasteiger partial charge in [0, 0.05) is 20.0 Å². The predicted octanol–water partition coefficient (Wildman–Crippen LogP) is 1.99. The third kappa shape index (κ3) is 2.36. The number of amides is 1. The van der Waals surface area contributed by atoms with Crippen LogP contribution in [-0.4, -0.2) is 31.4 Å². The number of hydrogen-bond donors (Lipinski definition) is 0. The van der Waals surface area contributed by atoms with E-state index in [1.807, 2.05) is 12.4 Å². The minimum Gasteiger partial charge on any atom is -0.563 e. The van der Waals surface area contributed by atoms with Crippen LogP contribution < -0.4 is 4.65 Å². The van der Waals surface area contributed by atoms with Crippen molar-refractivity contribution in [1.29, 1.82) is 0 Å². The lowest BCUT2D eigenvalue weighted by atomic mass is 9.83. The van der Waals surface area contributed by atoms with Crippen molar-refractivity contribution in [1.82, 2.24) is 4.90 Å². The lowest BCUT2D eigenvalue weighted by Gasteiger charge is -2.39. The van der Waals surface area contributed by atoms with Crippen molar-refractivity contribution < 1.29 is 9.45 Å². The Hall–Kier alpha value is -1.45. The first-order valence-corrected chi connectivity index (χ1v) is 7.00. The average molecular weight is 256 g/mol. The number of carbonyl (C=O) groups excluding carboxylic acids is 1. The van der Waals surface area contributed by atoms with E-state index in [2.05, 4.69) is 19.1 Å². The fourth-order valence-corrected chi connectivity index (χ4v) is 2.99. The number of carbonyl (C=O) groups is 1. The van der Waals surface area contributed by atoms with Gasteiger partial charge in [0.15, 0.2) is 0 Å². The minimum atomic E-state index is 0.191. The molecule has 4 heteroatoms. The van der Waals surface area contributed by atoms with Gasteiger partial charge < -0.3 is 9.55 Å². The smallest absolute Gasteiger partial charge is 0.370 e. The van der Waals surface area contributed by atoms with Crippen molar-refractivity contribution in [2.75, 3.05) is 13.1 Å². The molecule has 1 saturated heterocycles. The summed E-state index contributed by atoms with van der Waals surface area (Å²) in [7, 11) is 1.90. The van der Waals surface area contributed by atoms with Gasteiger partial charge in [-0.1, -0.05) is 12.1 Å². The molecule has 3 rings (SSSR count). The molecule has 1 aromatic carbocycles. The van der Waals surface area contributed by atoms with Gasteiger partial charge in [0.2, 0.25) is 5.91 Å². The van der Waals surface area contributed by atoms with E-state index >= 15 is 0 Å². The van der Waals surface area contributed by atoms with E-state index < -0.39 is 0 Å². The van der Waals surface area contributed by atoms with Gasteiger partial charge in [0.1, 0.15) is 5.75 Å². The molecule has 2 aliphatic heterocycles. The zero-order valence-corrected chi connectivity index (χ0v) is 11.6. The number of fused-ring (bicyclic) bond motifs is 1. The Labute approximate surface area is 115 Å². The van der Waals surface area contributed by atoms with E-state index in [-0.39, 0.29) is 5.91 Å². The minimum absolute atomic E-state index is 0.191. The molecule has 0 atom stereocenters. The SMILES string of the molecule is CC(=O)N1CC(Cc2ccc3c(c2C)O[B]CC3)C1. The highest BCUT2D eigenvalue weighted by molar-refractivity contribution is 6.29. The van der Waals surface area contributed by atoms with Gasteiger partial charge >= 0.3 is 7.48 Å². The highest BCUT2D eigenvalue weighted by Crippen LogP contribution is 2.32. The molecule has 2 heterocycles. The first-order valence-electron chi connectivity index (χ1n) is 7.00. The van der Waals surface area contributed by atoms with Crippen molar-refractivity contribution >= 4 is 13.4 Å². The summed E-state index contributed by atoms with van der Waals surface area (Å²) in [5.41, 5.74) is 3.96. The molecule has 99 valence electrons. The molecule has 0 unspecified atom stereocenters. The maximum absolute atomic E-state index is 11.2. The number of aryl methyl sites for hydroxylation is 1. The molecule has 19 heavy (non-hydrogen) atoms. The summed E-state index contributed by atoms with van der Waals surface area (Å²) in [6.07, 6.45) is 3.13. The van der Waals surface area contributed by atoms with E-state index in [9.17, 15) is 4.79 Å². The molecule has 1 aromatic rings. The van der Waals surface area contributed by atoms with Gasteiger partial charge in [-0.3, -0.25) is 4.79 Å². The second-order valence-electron chi connectivity index (χ2n) is 5.66. The second-order valence-corrected chi connectivity index (χ2v) is 5.66. The van der Waals surface area contributed by atoms with Gasteiger partial charge in [0.25, 0.3) is 0 Å². The van der Waals surface area contributed by atoms with Crippen molar-refractivity contribution in [3.05, 3.63) is 28.8 Å². The first kappa shape index (κ1) is 12.6. The molecule has 0 spiro atoms. The maximum atomic E-state index is 11.2. The molecule has 1 radical (unpaired) electrons. The number of hydrogen-bond acceptors (Lipinski definition) is 2. The van der Waals surface area contributed by atoms with Gasteiger partial charge in [0.05, 0.1) is 0 Å². The largest absolute Gasteiger partial charge is 0.563 e. The van der Waals surface area contributed by atoms with Gasteiger partial charge in [-0.2, -0.15) is 0 Å². The first-order chi connectivity index (χ1) is 9.15. The van der Waals surface area contributed by atoms with Crippen LogP contribution in [-0.2, 0) is 17.6 Å². The molecular formula is C15H19BNO2. The highest BCUT2D eigenvalue weighted by atomic mass is 16.4. The summed E-state index contributed by atoms with van der Waals surface area (Å²) in [6.45, 7) is 5.59. The predicted molar refractivity (Wildman–Crippen MR) is 75.5 cm³/mol. The molecule has 3 nitrogen and oxygen atoms in total. The molecule has 0 aliphatic carbocycles. The number of rotatable bonds is 2. The van der Waals surface area contributed by atoms with Crippen molar-refractivity contribution in [3.63, 3.8) is 0 Å². The Morgan fingerprint density at radius 3 is 3.00 bits per heavy atom. The fourth-order valence-electron chi connectivity index (χ4n) is 2.99. The Balaban J connectivity index is 1.71. The maximum Gasteiger partial charge on any atom is 0.370 e. The topological polar surface area (TPSA) is 29.5 Å². The van der Waals surface area contributed by atoms with Crippen LogP contribution in [0.15, 0.2) is 12.1 Å². The van der Waals surface area contributed by atoms with E-state index in [1.165, 1.54) is 16.7 Å². The van der Waals surface area contributed by atoms with E-state index in [4.69, 9.17) is 4.65 Å². The summed E-state index contributed by atoms with van der Waals surface area (Å²) in [4.78, 5) is 13.1. The van der Waals surface area contributed by atoms with Crippen LogP contribution in [0.3, 0.4) is 0 Å². The number of likely N-dealkylation sites (tertiary alicyclic amines) is 1. The standard InChI is InChI=1S/C15H19BNO2/c1-10-14(7-12-8-17(9-12)11(2)18)4-3-13-5-6-16-19-15(10)13/h3-4,12H,5-9H2,1-2H3. The average Bonchev–Trinajstić information content (AvgIpc) is 2.35. The van der Waals surface area contributed by atoms with Crippen LogP contribution in [0.5, 0.6) is 5.75 Å². The molecule has 0 saturated carbocycles. The highest BCUT2D eigenvalue weighted by Gasteiger charge is 2.29. The van der Waals surface area contributed by atoms with Gasteiger partial charge in [-0.15, -0.1) is 0 Å². The lowest BCUT2D eigenvalue weighted by Crippen LogP contribution is -2.49. The monoisotopic (exact) mass is 256 g/mol. The third-order valence-electron chi connectivity index (χ3n) is 4.24. The van der Waals surface area contributed by atoms with Crippen LogP contribution in [0.4, 0.5) is 0 Å². The van der Waals surface area contributed by atoms with Gasteiger partial charge in [-0.05, 0) is 48.7 Å². The molecule has 2 aliphatic rings. The quantitative estimate of drug-likeness (QED) is 0.757. The summed E-state index contributed by atoms with van der Waals surface area (Å²) >= 11 is 0. The molecule has 0 N–H and O–H groups in total. The molecule has 1 amide bonds. The van der Waals surface area contributed by atoms with Crippen molar-refractivity contribution in [2.24, 2.45) is 5.92 Å². The van der Waals surface area contributed by atoms with E-state index in [1.54, 1.807) is 6.92 Å². The molecule has 0 aromatic heterocycles. The Morgan fingerprint density at radius 2 is 2.26 bits per heavy atom. The second kappa shape index (κ2) is 4.91. The van der Waals surface area contributed by atoms with Crippen molar-refractivity contribution in [2.45, 2.75) is 33.0 Å². The zero-order valence-electron chi connectivity index (χ0n) is 11.6. The van der Waals surface area contributed by atoms with Crippen LogP contribution in [0, 0.1) is 12.8 Å². The fraction of sp³-hybridized carbons (Fsp3) is 0.533. The van der Waals surface area contributed by atoms with Crippen molar-refractivity contribution in [3.8, 4) is 5.75 Å². The normalized spacial score (nSPS) is 18.1. The lowest BCUT2D eigenvalue weighted by molar-refractivity contribution is -0.134. The summed E-state index contributed by atoms with van der Waals surface area (Å²) < 4.78 is 5.70. The zero-order chi connectivity index (χ0) is 13.4. The molecule has 0 bridgehead atoms. The van der Waals surface area contributed by atoms with Crippen LogP contribution >= 0.6 is 0 Å².